The average Bonchev–Trinajstić information content (AvgIpc) is 2.95. The molecule has 1 aromatic carbocycles. The van der Waals surface area contributed by atoms with Crippen molar-refractivity contribution in [1.82, 2.24) is 9.97 Å². The van der Waals surface area contributed by atoms with Crippen LogP contribution in [-0.4, -0.2) is 9.97 Å². The molecule has 0 spiro atoms. The van der Waals surface area contributed by atoms with Gasteiger partial charge in [0, 0.05) is 10.9 Å². The number of fused-ring (bicyclic) bond motifs is 1. The molecule has 0 aliphatic carbocycles. The Morgan fingerprint density at radius 1 is 1.41 bits per heavy atom. The van der Waals surface area contributed by atoms with Gasteiger partial charge in [-0.05, 0) is 18.2 Å². The van der Waals surface area contributed by atoms with Crippen LogP contribution < -0.4 is 5.73 Å². The highest BCUT2D eigenvalue weighted by atomic mass is 19.1. The molecule has 0 radical (unpaired) electrons. The average molecular weight is 231 g/mol. The van der Waals surface area contributed by atoms with Crippen molar-refractivity contribution >= 4 is 10.9 Å². The topological polar surface area (TPSA) is 67.8 Å². The van der Waals surface area contributed by atoms with E-state index < -0.39 is 0 Å². The fourth-order valence-electron chi connectivity index (χ4n) is 1.78. The van der Waals surface area contributed by atoms with Gasteiger partial charge in [-0.15, -0.1) is 0 Å². The maximum Gasteiger partial charge on any atom is 0.208 e. The highest BCUT2D eigenvalue weighted by Gasteiger charge is 2.10. The van der Waals surface area contributed by atoms with Crippen LogP contribution in [0.2, 0.25) is 0 Å². The second kappa shape index (κ2) is 3.71. The molecule has 3 aromatic rings. The molecule has 0 aliphatic heterocycles. The molecule has 0 saturated heterocycles. The van der Waals surface area contributed by atoms with E-state index in [9.17, 15) is 4.39 Å². The van der Waals surface area contributed by atoms with Crippen molar-refractivity contribution < 1.29 is 8.81 Å². The summed E-state index contributed by atoms with van der Waals surface area (Å²) in [4.78, 5) is 7.07. The maximum absolute atomic E-state index is 13.5. The predicted octanol–water partition coefficient (Wildman–Crippen LogP) is 2.42. The van der Waals surface area contributed by atoms with E-state index >= 15 is 0 Å². The van der Waals surface area contributed by atoms with Crippen LogP contribution in [0.4, 0.5) is 4.39 Å². The van der Waals surface area contributed by atoms with E-state index in [4.69, 9.17) is 10.2 Å². The van der Waals surface area contributed by atoms with Crippen molar-refractivity contribution in [3.8, 4) is 11.5 Å². The third kappa shape index (κ3) is 1.60. The van der Waals surface area contributed by atoms with Gasteiger partial charge in [0.25, 0.3) is 0 Å². The van der Waals surface area contributed by atoms with Crippen molar-refractivity contribution in [2.75, 3.05) is 0 Å². The van der Waals surface area contributed by atoms with E-state index in [2.05, 4.69) is 9.97 Å². The van der Waals surface area contributed by atoms with Crippen molar-refractivity contribution in [1.29, 1.82) is 0 Å². The number of H-pyrrole nitrogens is 1. The van der Waals surface area contributed by atoms with Crippen LogP contribution in [0.3, 0.4) is 0 Å². The lowest BCUT2D eigenvalue weighted by Crippen LogP contribution is -1.94. The molecule has 4 nitrogen and oxygen atoms in total. The zero-order valence-corrected chi connectivity index (χ0v) is 8.90. The van der Waals surface area contributed by atoms with Gasteiger partial charge in [0.05, 0.1) is 18.4 Å². The van der Waals surface area contributed by atoms with E-state index in [0.717, 1.165) is 5.52 Å². The van der Waals surface area contributed by atoms with Crippen LogP contribution in [-0.2, 0) is 6.54 Å². The molecule has 3 N–H and O–H groups in total. The number of hydrogen-bond donors (Lipinski definition) is 2. The molecular formula is C12H10FN3O. The predicted molar refractivity (Wildman–Crippen MR) is 61.6 cm³/mol. The largest absolute Gasteiger partial charge is 0.438 e. The standard InChI is InChI=1S/C12H10FN3O/c13-8-2-1-3-9-7(8)4-10(16-9)11-6-15-12(5-14)17-11/h1-4,6,16H,5,14H2. The number of aromatic amines is 1. The first-order chi connectivity index (χ1) is 8.28. The molecule has 17 heavy (non-hydrogen) atoms. The first-order valence-electron chi connectivity index (χ1n) is 5.20. The molecule has 0 amide bonds. The van der Waals surface area contributed by atoms with E-state index in [1.54, 1.807) is 18.3 Å². The number of aromatic nitrogens is 2. The SMILES string of the molecule is NCc1ncc(-c2cc3c(F)cccc3[nH]2)o1. The number of nitrogens with two attached hydrogens (primary N) is 1. The van der Waals surface area contributed by atoms with Crippen LogP contribution in [0.1, 0.15) is 5.89 Å². The smallest absolute Gasteiger partial charge is 0.208 e. The summed E-state index contributed by atoms with van der Waals surface area (Å²) in [7, 11) is 0. The lowest BCUT2D eigenvalue weighted by Gasteiger charge is -1.89. The summed E-state index contributed by atoms with van der Waals surface area (Å²) in [6, 6.07) is 6.59. The Morgan fingerprint density at radius 2 is 2.29 bits per heavy atom. The lowest BCUT2D eigenvalue weighted by atomic mass is 10.2. The minimum absolute atomic E-state index is 0.245. The zero-order chi connectivity index (χ0) is 11.8. The molecule has 0 fully saturated rings. The number of halogens is 1. The monoisotopic (exact) mass is 231 g/mol. The summed E-state index contributed by atoms with van der Waals surface area (Å²) >= 11 is 0. The van der Waals surface area contributed by atoms with Gasteiger partial charge in [-0.25, -0.2) is 9.37 Å². The number of nitrogens with zero attached hydrogens (tertiary/aromatic N) is 1. The van der Waals surface area contributed by atoms with Crippen molar-refractivity contribution in [2.24, 2.45) is 5.73 Å². The third-order valence-electron chi connectivity index (χ3n) is 2.60. The van der Waals surface area contributed by atoms with Crippen LogP contribution in [0, 0.1) is 5.82 Å². The Balaban J connectivity index is 2.14. The van der Waals surface area contributed by atoms with E-state index in [0.29, 0.717) is 22.7 Å². The molecule has 0 unspecified atom stereocenters. The molecule has 0 aliphatic rings. The molecule has 0 saturated carbocycles. The second-order valence-corrected chi connectivity index (χ2v) is 3.71. The van der Waals surface area contributed by atoms with Gasteiger partial charge in [-0.2, -0.15) is 0 Å². The Morgan fingerprint density at radius 3 is 3.00 bits per heavy atom. The minimum Gasteiger partial charge on any atom is -0.438 e. The third-order valence-corrected chi connectivity index (χ3v) is 2.60. The van der Waals surface area contributed by atoms with E-state index in [1.165, 1.54) is 6.07 Å². The Labute approximate surface area is 96.3 Å². The summed E-state index contributed by atoms with van der Waals surface area (Å²) in [5.74, 6) is 0.753. The summed E-state index contributed by atoms with van der Waals surface area (Å²) in [6.07, 6.45) is 1.57. The lowest BCUT2D eigenvalue weighted by molar-refractivity contribution is 0.508. The fourth-order valence-corrected chi connectivity index (χ4v) is 1.78. The molecule has 86 valence electrons. The van der Waals surface area contributed by atoms with Crippen molar-refractivity contribution in [3.63, 3.8) is 0 Å². The highest BCUT2D eigenvalue weighted by molar-refractivity contribution is 5.85. The quantitative estimate of drug-likeness (QED) is 0.711. The van der Waals surface area contributed by atoms with Crippen LogP contribution in [0.15, 0.2) is 34.9 Å². The van der Waals surface area contributed by atoms with Gasteiger partial charge >= 0.3 is 0 Å². The fraction of sp³-hybridized carbons (Fsp3) is 0.0833. The Bertz CT molecular complexity index is 671. The number of oxazole rings is 1. The number of rotatable bonds is 2. The summed E-state index contributed by atoms with van der Waals surface area (Å²) in [5, 5.41) is 0.535. The van der Waals surface area contributed by atoms with E-state index in [1.807, 2.05) is 6.07 Å². The normalized spacial score (nSPS) is 11.2. The zero-order valence-electron chi connectivity index (χ0n) is 8.90. The summed E-state index contributed by atoms with van der Waals surface area (Å²) in [5.41, 5.74) is 6.83. The number of hydrogen-bond acceptors (Lipinski definition) is 3. The van der Waals surface area contributed by atoms with Gasteiger partial charge in [0.15, 0.2) is 5.76 Å². The van der Waals surface area contributed by atoms with Crippen LogP contribution >= 0.6 is 0 Å². The molecule has 2 heterocycles. The number of benzene rings is 1. The molecule has 0 atom stereocenters. The molecule has 0 bridgehead atoms. The number of nitrogens with one attached hydrogen (secondary N) is 1. The molecular weight excluding hydrogens is 221 g/mol. The highest BCUT2D eigenvalue weighted by Crippen LogP contribution is 2.26. The van der Waals surface area contributed by atoms with Gasteiger partial charge in [0.2, 0.25) is 5.89 Å². The van der Waals surface area contributed by atoms with Crippen molar-refractivity contribution in [3.05, 3.63) is 42.2 Å². The summed E-state index contributed by atoms with van der Waals surface area (Å²) in [6.45, 7) is 0.245. The second-order valence-electron chi connectivity index (χ2n) is 3.71. The van der Waals surface area contributed by atoms with Gasteiger partial charge in [0.1, 0.15) is 5.82 Å². The van der Waals surface area contributed by atoms with Crippen LogP contribution in [0.25, 0.3) is 22.4 Å². The van der Waals surface area contributed by atoms with Gasteiger partial charge < -0.3 is 15.1 Å². The van der Waals surface area contributed by atoms with Crippen molar-refractivity contribution in [2.45, 2.75) is 6.54 Å². The Kier molecular flexibility index (Phi) is 2.19. The maximum atomic E-state index is 13.5. The summed E-state index contributed by atoms with van der Waals surface area (Å²) < 4.78 is 18.9. The minimum atomic E-state index is -0.261. The molecule has 2 aromatic heterocycles. The molecule has 5 heteroatoms. The Hall–Kier alpha value is -2.14. The first kappa shape index (κ1) is 10.0. The molecule has 3 rings (SSSR count). The first-order valence-corrected chi connectivity index (χ1v) is 5.20. The van der Waals surface area contributed by atoms with Gasteiger partial charge in [-0.3, -0.25) is 0 Å². The van der Waals surface area contributed by atoms with Crippen LogP contribution in [0.5, 0.6) is 0 Å². The van der Waals surface area contributed by atoms with E-state index in [-0.39, 0.29) is 12.4 Å². The van der Waals surface area contributed by atoms with Gasteiger partial charge in [-0.1, -0.05) is 6.07 Å².